The molecular formula is C17H19N5O3S. The number of hydrogen-bond donors (Lipinski definition) is 2. The van der Waals surface area contributed by atoms with E-state index in [4.69, 9.17) is 5.26 Å². The molecule has 0 radical (unpaired) electrons. The fourth-order valence-corrected chi connectivity index (χ4v) is 2.99. The number of rotatable bonds is 7. The number of benzene rings is 1. The summed E-state index contributed by atoms with van der Waals surface area (Å²) in [6.07, 6.45) is 1.57. The first-order chi connectivity index (χ1) is 12.4. The highest BCUT2D eigenvalue weighted by atomic mass is 32.2. The summed E-state index contributed by atoms with van der Waals surface area (Å²) in [6.45, 7) is 0.711. The summed E-state index contributed by atoms with van der Waals surface area (Å²) in [4.78, 5) is 16.3. The second-order valence-corrected chi connectivity index (χ2v) is 7.66. The lowest BCUT2D eigenvalue weighted by atomic mass is 10.2. The van der Waals surface area contributed by atoms with Gasteiger partial charge < -0.3 is 10.6 Å². The molecule has 9 heteroatoms. The van der Waals surface area contributed by atoms with Gasteiger partial charge in [-0.3, -0.25) is 4.79 Å². The lowest BCUT2D eigenvalue weighted by Crippen LogP contribution is -2.29. The zero-order valence-corrected chi connectivity index (χ0v) is 15.2. The number of carbonyl (C=O) groups is 1. The number of anilines is 1. The van der Waals surface area contributed by atoms with Gasteiger partial charge in [0.25, 0.3) is 5.91 Å². The van der Waals surface area contributed by atoms with Gasteiger partial charge in [-0.1, -0.05) is 0 Å². The molecular weight excluding hydrogens is 354 g/mol. The van der Waals surface area contributed by atoms with E-state index in [1.54, 1.807) is 18.3 Å². The minimum absolute atomic E-state index is 0.125. The van der Waals surface area contributed by atoms with E-state index >= 15 is 0 Å². The van der Waals surface area contributed by atoms with Crippen molar-refractivity contribution in [2.75, 3.05) is 32.5 Å². The molecule has 0 spiro atoms. The van der Waals surface area contributed by atoms with Crippen molar-refractivity contribution in [2.24, 2.45) is 0 Å². The number of nitrogens with one attached hydrogen (secondary N) is 2. The largest absolute Gasteiger partial charge is 0.367 e. The minimum Gasteiger partial charge on any atom is -0.367 e. The van der Waals surface area contributed by atoms with Gasteiger partial charge in [0.15, 0.2) is 0 Å². The molecule has 0 atom stereocenters. The van der Waals surface area contributed by atoms with Crippen molar-refractivity contribution in [3.05, 3.63) is 53.7 Å². The normalized spacial score (nSPS) is 11.0. The van der Waals surface area contributed by atoms with E-state index in [1.165, 1.54) is 38.4 Å². The van der Waals surface area contributed by atoms with E-state index in [0.29, 0.717) is 30.0 Å². The molecule has 2 aromatic rings. The molecule has 2 rings (SSSR count). The first-order valence-electron chi connectivity index (χ1n) is 7.76. The minimum atomic E-state index is -3.52. The van der Waals surface area contributed by atoms with Gasteiger partial charge in [-0.15, -0.1) is 0 Å². The smallest absolute Gasteiger partial charge is 0.251 e. The summed E-state index contributed by atoms with van der Waals surface area (Å²) >= 11 is 0. The van der Waals surface area contributed by atoms with Crippen LogP contribution >= 0.6 is 0 Å². The first-order valence-corrected chi connectivity index (χ1v) is 9.20. The van der Waals surface area contributed by atoms with Crippen LogP contribution < -0.4 is 10.6 Å². The number of aromatic nitrogens is 1. The Morgan fingerprint density at radius 1 is 1.19 bits per heavy atom. The summed E-state index contributed by atoms with van der Waals surface area (Å²) in [5.41, 5.74) is 0.787. The summed E-state index contributed by atoms with van der Waals surface area (Å²) in [6, 6.07) is 11.1. The van der Waals surface area contributed by atoms with E-state index in [0.717, 1.165) is 4.31 Å². The van der Waals surface area contributed by atoms with E-state index in [1.807, 2.05) is 6.07 Å². The van der Waals surface area contributed by atoms with Crippen LogP contribution in [0.2, 0.25) is 0 Å². The van der Waals surface area contributed by atoms with Gasteiger partial charge in [-0.2, -0.15) is 5.26 Å². The topological polar surface area (TPSA) is 115 Å². The van der Waals surface area contributed by atoms with Gasteiger partial charge in [0.1, 0.15) is 11.9 Å². The molecule has 0 saturated heterocycles. The molecule has 0 unspecified atom stereocenters. The van der Waals surface area contributed by atoms with Crippen molar-refractivity contribution in [1.29, 1.82) is 5.26 Å². The molecule has 8 nitrogen and oxygen atoms in total. The van der Waals surface area contributed by atoms with Crippen molar-refractivity contribution in [3.8, 4) is 6.07 Å². The number of hydrogen-bond acceptors (Lipinski definition) is 6. The van der Waals surface area contributed by atoms with Crippen LogP contribution in [0.4, 0.5) is 5.82 Å². The van der Waals surface area contributed by atoms with Gasteiger partial charge in [0, 0.05) is 38.9 Å². The first kappa shape index (κ1) is 19.4. The summed E-state index contributed by atoms with van der Waals surface area (Å²) < 4.78 is 25.1. The fraction of sp³-hybridized carbons (Fsp3) is 0.235. The van der Waals surface area contributed by atoms with Crippen molar-refractivity contribution in [3.63, 3.8) is 0 Å². The van der Waals surface area contributed by atoms with Crippen molar-refractivity contribution >= 4 is 21.7 Å². The standard InChI is InChI=1S/C17H19N5O3S/c1-22(2)26(24,25)15-7-5-13(6-8-15)17(23)21-11-10-20-16-14(12-18)4-3-9-19-16/h3-9H,10-11H2,1-2H3,(H,19,20)(H,21,23). The highest BCUT2D eigenvalue weighted by Gasteiger charge is 2.17. The van der Waals surface area contributed by atoms with Crippen molar-refractivity contribution in [1.82, 2.24) is 14.6 Å². The zero-order chi connectivity index (χ0) is 19.2. The highest BCUT2D eigenvalue weighted by Crippen LogP contribution is 2.14. The Labute approximate surface area is 152 Å². The van der Waals surface area contributed by atoms with Crippen molar-refractivity contribution < 1.29 is 13.2 Å². The summed E-state index contributed by atoms with van der Waals surface area (Å²) in [7, 11) is -0.626. The molecule has 1 aromatic carbocycles. The molecule has 0 aliphatic heterocycles. The SMILES string of the molecule is CN(C)S(=O)(=O)c1ccc(C(=O)NCCNc2ncccc2C#N)cc1. The Bertz CT molecular complexity index is 918. The average Bonchev–Trinajstić information content (AvgIpc) is 2.65. The lowest BCUT2D eigenvalue weighted by molar-refractivity contribution is 0.0955. The molecule has 136 valence electrons. The summed E-state index contributed by atoms with van der Waals surface area (Å²) in [5.74, 6) is 0.143. The number of pyridine rings is 1. The molecule has 0 aliphatic carbocycles. The van der Waals surface area contributed by atoms with Gasteiger partial charge >= 0.3 is 0 Å². The molecule has 0 bridgehead atoms. The predicted molar refractivity (Wildman–Crippen MR) is 97.1 cm³/mol. The monoisotopic (exact) mass is 373 g/mol. The number of carbonyl (C=O) groups excluding carboxylic acids is 1. The molecule has 2 N–H and O–H groups in total. The molecule has 0 saturated carbocycles. The van der Waals surface area contributed by atoms with Crippen LogP contribution in [0.3, 0.4) is 0 Å². The van der Waals surface area contributed by atoms with Gasteiger partial charge in [0.2, 0.25) is 10.0 Å². The van der Waals surface area contributed by atoms with E-state index in [9.17, 15) is 13.2 Å². The Morgan fingerprint density at radius 3 is 2.50 bits per heavy atom. The fourth-order valence-electron chi connectivity index (χ4n) is 2.08. The number of nitrogens with zero attached hydrogens (tertiary/aromatic N) is 3. The Morgan fingerprint density at radius 2 is 1.88 bits per heavy atom. The molecule has 26 heavy (non-hydrogen) atoms. The maximum Gasteiger partial charge on any atom is 0.251 e. The molecule has 1 heterocycles. The Balaban J connectivity index is 1.90. The Hall–Kier alpha value is -2.96. The second-order valence-electron chi connectivity index (χ2n) is 5.51. The molecule has 1 amide bonds. The van der Waals surface area contributed by atoms with Crippen molar-refractivity contribution in [2.45, 2.75) is 4.90 Å². The van der Waals surface area contributed by atoms with Gasteiger partial charge in [0.05, 0.1) is 10.5 Å². The van der Waals surface area contributed by atoms with Crippen LogP contribution in [0.25, 0.3) is 0 Å². The van der Waals surface area contributed by atoms with Gasteiger partial charge in [-0.05, 0) is 36.4 Å². The number of nitriles is 1. The predicted octanol–water partition coefficient (Wildman–Crippen LogP) is 1.05. The molecule has 0 fully saturated rings. The van der Waals surface area contributed by atoms with Crippen LogP contribution in [0, 0.1) is 11.3 Å². The third kappa shape index (κ3) is 4.56. The molecule has 1 aromatic heterocycles. The number of amides is 1. The van der Waals surface area contributed by atoms with E-state index < -0.39 is 10.0 Å². The third-order valence-corrected chi connectivity index (χ3v) is 5.36. The highest BCUT2D eigenvalue weighted by molar-refractivity contribution is 7.89. The maximum atomic E-state index is 12.1. The van der Waals surface area contributed by atoms with Gasteiger partial charge in [-0.25, -0.2) is 17.7 Å². The third-order valence-electron chi connectivity index (χ3n) is 3.53. The zero-order valence-electron chi connectivity index (χ0n) is 14.4. The van der Waals surface area contributed by atoms with Crippen LogP contribution in [0.1, 0.15) is 15.9 Å². The quantitative estimate of drug-likeness (QED) is 0.701. The summed E-state index contributed by atoms with van der Waals surface area (Å²) in [5, 5.41) is 14.7. The van der Waals surface area contributed by atoms with Crippen LogP contribution in [-0.4, -0.2) is 50.8 Å². The van der Waals surface area contributed by atoms with E-state index in [2.05, 4.69) is 15.6 Å². The van der Waals surface area contributed by atoms with Crippen LogP contribution in [-0.2, 0) is 10.0 Å². The van der Waals surface area contributed by atoms with E-state index in [-0.39, 0.29) is 10.8 Å². The lowest BCUT2D eigenvalue weighted by Gasteiger charge is -2.12. The molecule has 0 aliphatic rings. The maximum absolute atomic E-state index is 12.1. The van der Waals surface area contributed by atoms with Crippen LogP contribution in [0.15, 0.2) is 47.5 Å². The average molecular weight is 373 g/mol. The van der Waals surface area contributed by atoms with Crippen LogP contribution in [0.5, 0.6) is 0 Å². The second kappa shape index (κ2) is 8.42. The Kier molecular flexibility index (Phi) is 6.27. The number of sulfonamides is 1.